The van der Waals surface area contributed by atoms with Gasteiger partial charge in [-0.1, -0.05) is 36.8 Å². The van der Waals surface area contributed by atoms with Crippen molar-refractivity contribution < 1.29 is 14.3 Å². The van der Waals surface area contributed by atoms with Crippen LogP contribution in [-0.4, -0.2) is 67.6 Å². The Balaban J connectivity index is 1.63. The van der Waals surface area contributed by atoms with Gasteiger partial charge in [-0.15, -0.1) is 0 Å². The molecular formula is C20H29N3O3. The minimum atomic E-state index is -0.412. The first kappa shape index (κ1) is 18.9. The first-order valence-corrected chi connectivity index (χ1v) is 9.25. The SMILES string of the molecule is Cc1ccc(CN2CCNC(=O)[C@@H]2CC(=O)N(C)CC2(C)COC2)cc1. The molecule has 6 heteroatoms. The summed E-state index contributed by atoms with van der Waals surface area (Å²) in [5.41, 5.74) is 2.42. The maximum absolute atomic E-state index is 12.7. The van der Waals surface area contributed by atoms with Gasteiger partial charge in [0.2, 0.25) is 11.8 Å². The van der Waals surface area contributed by atoms with Gasteiger partial charge in [-0.2, -0.15) is 0 Å². The highest BCUT2D eigenvalue weighted by Crippen LogP contribution is 2.27. The largest absolute Gasteiger partial charge is 0.380 e. The topological polar surface area (TPSA) is 61.9 Å². The van der Waals surface area contributed by atoms with Gasteiger partial charge >= 0.3 is 0 Å². The van der Waals surface area contributed by atoms with E-state index in [1.165, 1.54) is 5.56 Å². The molecule has 2 aliphatic heterocycles. The number of hydrogen-bond acceptors (Lipinski definition) is 4. The van der Waals surface area contributed by atoms with E-state index in [0.717, 1.165) is 12.1 Å². The summed E-state index contributed by atoms with van der Waals surface area (Å²) >= 11 is 0. The molecule has 1 N–H and O–H groups in total. The van der Waals surface area contributed by atoms with E-state index in [4.69, 9.17) is 4.74 Å². The van der Waals surface area contributed by atoms with Crippen molar-refractivity contribution in [3.05, 3.63) is 35.4 Å². The van der Waals surface area contributed by atoms with E-state index in [1.54, 1.807) is 4.90 Å². The second-order valence-electron chi connectivity index (χ2n) is 8.02. The van der Waals surface area contributed by atoms with Crippen molar-refractivity contribution in [2.45, 2.75) is 32.9 Å². The fourth-order valence-electron chi connectivity index (χ4n) is 3.63. The number of nitrogens with zero attached hydrogens (tertiary/aromatic N) is 2. The number of carbonyl (C=O) groups excluding carboxylic acids is 2. The zero-order valence-electron chi connectivity index (χ0n) is 16.0. The van der Waals surface area contributed by atoms with Crippen molar-refractivity contribution in [3.8, 4) is 0 Å². The van der Waals surface area contributed by atoms with Gasteiger partial charge in [0.1, 0.15) is 0 Å². The van der Waals surface area contributed by atoms with Gasteiger partial charge in [0.15, 0.2) is 0 Å². The number of hydrogen-bond donors (Lipinski definition) is 1. The van der Waals surface area contributed by atoms with Gasteiger partial charge in [-0.3, -0.25) is 14.5 Å². The van der Waals surface area contributed by atoms with Crippen LogP contribution in [0.3, 0.4) is 0 Å². The Bertz CT molecular complexity index is 655. The van der Waals surface area contributed by atoms with Crippen molar-refractivity contribution in [3.63, 3.8) is 0 Å². The zero-order chi connectivity index (χ0) is 18.7. The van der Waals surface area contributed by atoms with E-state index in [0.29, 0.717) is 32.8 Å². The minimum absolute atomic E-state index is 0.00841. The molecule has 0 bridgehead atoms. The number of carbonyl (C=O) groups is 2. The summed E-state index contributed by atoms with van der Waals surface area (Å²) in [7, 11) is 1.82. The van der Waals surface area contributed by atoms with Crippen LogP contribution in [0.5, 0.6) is 0 Å². The van der Waals surface area contributed by atoms with Gasteiger partial charge in [0.05, 0.1) is 25.7 Å². The zero-order valence-corrected chi connectivity index (χ0v) is 16.0. The van der Waals surface area contributed by atoms with Crippen LogP contribution in [0.25, 0.3) is 0 Å². The molecule has 6 nitrogen and oxygen atoms in total. The molecule has 2 saturated heterocycles. The van der Waals surface area contributed by atoms with E-state index in [9.17, 15) is 9.59 Å². The summed E-state index contributed by atoms with van der Waals surface area (Å²) in [6.45, 7) is 8.29. The van der Waals surface area contributed by atoms with Crippen LogP contribution in [-0.2, 0) is 20.9 Å². The highest BCUT2D eigenvalue weighted by Gasteiger charge is 2.37. The van der Waals surface area contributed by atoms with E-state index in [-0.39, 0.29) is 23.7 Å². The number of aryl methyl sites for hydroxylation is 1. The molecule has 0 unspecified atom stereocenters. The average Bonchev–Trinajstić information content (AvgIpc) is 2.58. The van der Waals surface area contributed by atoms with Gasteiger partial charge in [-0.05, 0) is 12.5 Å². The number of rotatable bonds is 6. The normalized spacial score (nSPS) is 22.4. The molecule has 0 radical (unpaired) electrons. The fourth-order valence-corrected chi connectivity index (χ4v) is 3.63. The molecule has 2 heterocycles. The number of ether oxygens (including phenoxy) is 1. The molecular weight excluding hydrogens is 330 g/mol. The molecule has 0 aliphatic carbocycles. The first-order valence-electron chi connectivity index (χ1n) is 9.25. The molecule has 1 aromatic rings. The van der Waals surface area contributed by atoms with Crippen LogP contribution in [0.4, 0.5) is 0 Å². The van der Waals surface area contributed by atoms with Gasteiger partial charge in [0, 0.05) is 38.6 Å². The van der Waals surface area contributed by atoms with E-state index in [1.807, 2.05) is 7.05 Å². The van der Waals surface area contributed by atoms with E-state index >= 15 is 0 Å². The van der Waals surface area contributed by atoms with Crippen molar-refractivity contribution in [1.29, 1.82) is 0 Å². The summed E-state index contributed by atoms with van der Waals surface area (Å²) in [5.74, 6) is -0.0441. The molecule has 2 amide bonds. The Morgan fingerprint density at radius 2 is 2.04 bits per heavy atom. The molecule has 0 spiro atoms. The molecule has 0 aromatic heterocycles. The first-order chi connectivity index (χ1) is 12.4. The molecule has 1 aromatic carbocycles. The summed E-state index contributed by atoms with van der Waals surface area (Å²) in [6.07, 6.45) is 0.213. The Morgan fingerprint density at radius 3 is 2.65 bits per heavy atom. The lowest BCUT2D eigenvalue weighted by atomic mass is 9.88. The third-order valence-electron chi connectivity index (χ3n) is 5.26. The second kappa shape index (κ2) is 7.76. The third kappa shape index (κ3) is 4.43. The molecule has 0 saturated carbocycles. The highest BCUT2D eigenvalue weighted by molar-refractivity contribution is 5.88. The monoisotopic (exact) mass is 359 g/mol. The van der Waals surface area contributed by atoms with E-state index in [2.05, 4.69) is 48.3 Å². The van der Waals surface area contributed by atoms with Crippen LogP contribution in [0, 0.1) is 12.3 Å². The predicted octanol–water partition coefficient (Wildman–Crippen LogP) is 1.18. The lowest BCUT2D eigenvalue weighted by Crippen LogP contribution is -2.56. The molecule has 2 aliphatic rings. The summed E-state index contributed by atoms with van der Waals surface area (Å²) in [6, 6.07) is 7.92. The molecule has 1 atom stereocenters. The second-order valence-corrected chi connectivity index (χ2v) is 8.02. The predicted molar refractivity (Wildman–Crippen MR) is 99.6 cm³/mol. The Kier molecular flexibility index (Phi) is 5.63. The van der Waals surface area contributed by atoms with Crippen molar-refractivity contribution in [2.24, 2.45) is 5.41 Å². The lowest BCUT2D eigenvalue weighted by molar-refractivity contribution is -0.146. The van der Waals surface area contributed by atoms with Crippen LogP contribution in [0.1, 0.15) is 24.5 Å². The molecule has 142 valence electrons. The maximum atomic E-state index is 12.7. The molecule has 2 fully saturated rings. The average molecular weight is 359 g/mol. The van der Waals surface area contributed by atoms with Crippen LogP contribution in [0.2, 0.25) is 0 Å². The number of nitrogens with one attached hydrogen (secondary N) is 1. The Labute approximate surface area is 155 Å². The maximum Gasteiger partial charge on any atom is 0.237 e. The molecule has 26 heavy (non-hydrogen) atoms. The van der Waals surface area contributed by atoms with Crippen molar-refractivity contribution >= 4 is 11.8 Å². The number of piperazine rings is 1. The van der Waals surface area contributed by atoms with Crippen molar-refractivity contribution in [2.75, 3.05) is 39.9 Å². The van der Waals surface area contributed by atoms with Gasteiger partial charge < -0.3 is 15.0 Å². The number of amides is 2. The van der Waals surface area contributed by atoms with Crippen LogP contribution < -0.4 is 5.32 Å². The Morgan fingerprint density at radius 1 is 1.35 bits per heavy atom. The van der Waals surface area contributed by atoms with Gasteiger partial charge in [-0.25, -0.2) is 0 Å². The smallest absolute Gasteiger partial charge is 0.237 e. The van der Waals surface area contributed by atoms with Crippen molar-refractivity contribution in [1.82, 2.24) is 15.1 Å². The quantitative estimate of drug-likeness (QED) is 0.829. The summed E-state index contributed by atoms with van der Waals surface area (Å²) < 4.78 is 5.27. The van der Waals surface area contributed by atoms with Crippen LogP contribution in [0.15, 0.2) is 24.3 Å². The summed E-state index contributed by atoms with van der Waals surface area (Å²) in [5, 5.41) is 2.90. The Hall–Kier alpha value is -1.92. The standard InChI is InChI=1S/C20H29N3O3/c1-15-4-6-16(7-5-15)11-23-9-8-21-19(25)17(23)10-18(24)22(3)12-20(2)13-26-14-20/h4-7,17H,8-14H2,1-3H3,(H,21,25)/t17-/m0/s1. The summed E-state index contributed by atoms with van der Waals surface area (Å²) in [4.78, 5) is 29.0. The third-order valence-corrected chi connectivity index (χ3v) is 5.26. The molecule has 3 rings (SSSR count). The lowest BCUT2D eigenvalue weighted by Gasteiger charge is -2.41. The van der Waals surface area contributed by atoms with Gasteiger partial charge in [0.25, 0.3) is 0 Å². The van der Waals surface area contributed by atoms with Crippen LogP contribution >= 0.6 is 0 Å². The minimum Gasteiger partial charge on any atom is -0.380 e. The van der Waals surface area contributed by atoms with E-state index < -0.39 is 6.04 Å². The fraction of sp³-hybridized carbons (Fsp3) is 0.600. The highest BCUT2D eigenvalue weighted by atomic mass is 16.5. The number of benzene rings is 1.